The molecular formula is C14H22FN3O. The average molecular weight is 267 g/mol. The molecule has 0 amide bonds. The highest BCUT2D eigenvalue weighted by molar-refractivity contribution is 5.77. The lowest BCUT2D eigenvalue weighted by molar-refractivity contribution is 0.146. The van der Waals surface area contributed by atoms with Gasteiger partial charge in [0.05, 0.1) is 0 Å². The molecule has 0 atom stereocenters. The van der Waals surface area contributed by atoms with Gasteiger partial charge in [0.25, 0.3) is 0 Å². The number of benzene rings is 1. The number of nitrogens with zero attached hydrogens (tertiary/aromatic N) is 1. The van der Waals surface area contributed by atoms with E-state index in [0.717, 1.165) is 18.6 Å². The fourth-order valence-corrected chi connectivity index (χ4v) is 1.59. The van der Waals surface area contributed by atoms with Crippen LogP contribution in [0.2, 0.25) is 0 Å². The van der Waals surface area contributed by atoms with E-state index in [0.29, 0.717) is 32.1 Å². The van der Waals surface area contributed by atoms with Gasteiger partial charge in [-0.1, -0.05) is 12.1 Å². The standard InChI is InChI=1S/C14H22FN3O/c1-2-19-10-4-8-17-14(16)18-9-7-12-5-3-6-13(15)11-12/h3,5-6,11H,2,4,7-10H2,1H3,(H3,16,17,18). The largest absolute Gasteiger partial charge is 0.382 e. The zero-order valence-corrected chi connectivity index (χ0v) is 11.4. The molecule has 0 heterocycles. The highest BCUT2D eigenvalue weighted by Crippen LogP contribution is 2.03. The van der Waals surface area contributed by atoms with Crippen LogP contribution in [0.4, 0.5) is 4.39 Å². The van der Waals surface area contributed by atoms with Crippen LogP contribution in [0.15, 0.2) is 29.3 Å². The summed E-state index contributed by atoms with van der Waals surface area (Å²) in [6.07, 6.45) is 1.58. The molecule has 0 radical (unpaired) electrons. The van der Waals surface area contributed by atoms with E-state index in [1.54, 1.807) is 6.07 Å². The third-order valence-electron chi connectivity index (χ3n) is 2.54. The number of ether oxygens (including phenoxy) is 1. The second kappa shape index (κ2) is 9.33. The fourth-order valence-electron chi connectivity index (χ4n) is 1.59. The van der Waals surface area contributed by atoms with E-state index in [1.807, 2.05) is 13.0 Å². The molecule has 0 aromatic heterocycles. The van der Waals surface area contributed by atoms with Crippen molar-refractivity contribution in [3.8, 4) is 0 Å². The Morgan fingerprint density at radius 1 is 1.47 bits per heavy atom. The molecular weight excluding hydrogens is 245 g/mol. The summed E-state index contributed by atoms with van der Waals surface area (Å²) in [6.45, 7) is 4.69. The van der Waals surface area contributed by atoms with Crippen molar-refractivity contribution < 1.29 is 9.13 Å². The van der Waals surface area contributed by atoms with Crippen molar-refractivity contribution in [2.24, 2.45) is 10.7 Å². The van der Waals surface area contributed by atoms with Crippen molar-refractivity contribution >= 4 is 5.96 Å². The van der Waals surface area contributed by atoms with Crippen molar-refractivity contribution in [1.29, 1.82) is 0 Å². The number of aliphatic imine (C=N–C) groups is 1. The van der Waals surface area contributed by atoms with E-state index >= 15 is 0 Å². The smallest absolute Gasteiger partial charge is 0.188 e. The van der Waals surface area contributed by atoms with Crippen molar-refractivity contribution in [3.05, 3.63) is 35.6 Å². The minimum atomic E-state index is -0.213. The van der Waals surface area contributed by atoms with Gasteiger partial charge in [0.15, 0.2) is 5.96 Å². The van der Waals surface area contributed by atoms with Gasteiger partial charge in [-0.15, -0.1) is 0 Å². The molecule has 1 aromatic rings. The van der Waals surface area contributed by atoms with E-state index in [2.05, 4.69) is 10.3 Å². The minimum absolute atomic E-state index is 0.213. The zero-order chi connectivity index (χ0) is 13.9. The molecule has 5 heteroatoms. The van der Waals surface area contributed by atoms with Crippen LogP contribution in [0.5, 0.6) is 0 Å². The molecule has 0 aliphatic rings. The molecule has 1 rings (SSSR count). The predicted molar refractivity (Wildman–Crippen MR) is 75.7 cm³/mol. The maximum Gasteiger partial charge on any atom is 0.188 e. The Hall–Kier alpha value is -1.62. The van der Waals surface area contributed by atoms with Gasteiger partial charge in [0.1, 0.15) is 5.82 Å². The van der Waals surface area contributed by atoms with E-state index in [9.17, 15) is 4.39 Å². The first-order valence-corrected chi connectivity index (χ1v) is 6.58. The van der Waals surface area contributed by atoms with Crippen LogP contribution < -0.4 is 11.1 Å². The first kappa shape index (κ1) is 15.4. The molecule has 4 nitrogen and oxygen atoms in total. The zero-order valence-electron chi connectivity index (χ0n) is 11.4. The van der Waals surface area contributed by atoms with Gasteiger partial charge < -0.3 is 15.8 Å². The van der Waals surface area contributed by atoms with Gasteiger partial charge >= 0.3 is 0 Å². The molecule has 0 bridgehead atoms. The quantitative estimate of drug-likeness (QED) is 0.428. The fraction of sp³-hybridized carbons (Fsp3) is 0.500. The van der Waals surface area contributed by atoms with Crippen molar-refractivity contribution in [2.75, 3.05) is 26.3 Å². The average Bonchev–Trinajstić information content (AvgIpc) is 2.38. The molecule has 3 N–H and O–H groups in total. The number of rotatable bonds is 8. The highest BCUT2D eigenvalue weighted by Gasteiger charge is 1.96. The van der Waals surface area contributed by atoms with E-state index in [4.69, 9.17) is 10.5 Å². The maximum absolute atomic E-state index is 12.9. The highest BCUT2D eigenvalue weighted by atomic mass is 19.1. The summed E-state index contributed by atoms with van der Waals surface area (Å²) in [5.41, 5.74) is 6.65. The minimum Gasteiger partial charge on any atom is -0.382 e. The molecule has 19 heavy (non-hydrogen) atoms. The monoisotopic (exact) mass is 267 g/mol. The normalized spacial score (nSPS) is 11.6. The first-order chi connectivity index (χ1) is 9.22. The van der Waals surface area contributed by atoms with Gasteiger partial charge in [-0.2, -0.15) is 0 Å². The van der Waals surface area contributed by atoms with Crippen LogP contribution in [-0.2, 0) is 11.2 Å². The summed E-state index contributed by atoms with van der Waals surface area (Å²) in [5.74, 6) is 0.211. The van der Waals surface area contributed by atoms with Gasteiger partial charge in [0.2, 0.25) is 0 Å². The Bertz CT molecular complexity index is 396. The predicted octanol–water partition coefficient (Wildman–Crippen LogP) is 1.70. The summed E-state index contributed by atoms with van der Waals surface area (Å²) in [6, 6.07) is 6.55. The molecule has 0 spiro atoms. The number of hydrogen-bond donors (Lipinski definition) is 2. The number of guanidine groups is 1. The summed E-state index contributed by atoms with van der Waals surface area (Å²) in [5, 5.41) is 3.01. The van der Waals surface area contributed by atoms with Crippen LogP contribution in [-0.4, -0.2) is 32.3 Å². The van der Waals surface area contributed by atoms with Crippen LogP contribution in [0.3, 0.4) is 0 Å². The Labute approximate surface area is 113 Å². The van der Waals surface area contributed by atoms with Gasteiger partial charge in [-0.3, -0.25) is 4.99 Å². The van der Waals surface area contributed by atoms with Gasteiger partial charge in [-0.25, -0.2) is 4.39 Å². The van der Waals surface area contributed by atoms with E-state index in [-0.39, 0.29) is 5.82 Å². The third-order valence-corrected chi connectivity index (χ3v) is 2.54. The summed E-state index contributed by atoms with van der Waals surface area (Å²) < 4.78 is 18.1. The van der Waals surface area contributed by atoms with Gasteiger partial charge in [-0.05, 0) is 37.5 Å². The summed E-state index contributed by atoms with van der Waals surface area (Å²) >= 11 is 0. The SMILES string of the molecule is CCOCCCN=C(N)NCCc1cccc(F)c1. The first-order valence-electron chi connectivity index (χ1n) is 6.58. The molecule has 0 aliphatic heterocycles. The second-order valence-corrected chi connectivity index (χ2v) is 4.12. The van der Waals surface area contributed by atoms with Crippen molar-refractivity contribution in [2.45, 2.75) is 19.8 Å². The Morgan fingerprint density at radius 2 is 2.32 bits per heavy atom. The van der Waals surface area contributed by atoms with Crippen LogP contribution in [0.1, 0.15) is 18.9 Å². The Morgan fingerprint density at radius 3 is 3.05 bits per heavy atom. The van der Waals surface area contributed by atoms with Crippen molar-refractivity contribution in [1.82, 2.24) is 5.32 Å². The molecule has 0 fully saturated rings. The topological polar surface area (TPSA) is 59.6 Å². The lowest BCUT2D eigenvalue weighted by Gasteiger charge is -2.06. The van der Waals surface area contributed by atoms with Crippen molar-refractivity contribution in [3.63, 3.8) is 0 Å². The summed E-state index contributed by atoms with van der Waals surface area (Å²) in [7, 11) is 0. The third kappa shape index (κ3) is 7.41. The molecule has 0 saturated carbocycles. The lowest BCUT2D eigenvalue weighted by Crippen LogP contribution is -2.33. The molecule has 0 saturated heterocycles. The summed E-state index contributed by atoms with van der Waals surface area (Å²) in [4.78, 5) is 4.17. The number of nitrogens with two attached hydrogens (primary N) is 1. The van der Waals surface area contributed by atoms with E-state index in [1.165, 1.54) is 12.1 Å². The molecule has 106 valence electrons. The van der Waals surface area contributed by atoms with Crippen LogP contribution in [0, 0.1) is 5.82 Å². The maximum atomic E-state index is 12.9. The second-order valence-electron chi connectivity index (χ2n) is 4.12. The molecule has 1 aromatic carbocycles. The number of nitrogens with one attached hydrogen (secondary N) is 1. The number of halogens is 1. The van der Waals surface area contributed by atoms with Crippen LogP contribution >= 0.6 is 0 Å². The number of hydrogen-bond acceptors (Lipinski definition) is 2. The Kier molecular flexibility index (Phi) is 7.58. The van der Waals surface area contributed by atoms with E-state index < -0.39 is 0 Å². The van der Waals surface area contributed by atoms with Gasteiger partial charge in [0, 0.05) is 26.3 Å². The Balaban J connectivity index is 2.16. The molecule has 0 unspecified atom stereocenters. The van der Waals surface area contributed by atoms with Crippen LogP contribution in [0.25, 0.3) is 0 Å². The molecule has 0 aliphatic carbocycles. The lowest BCUT2D eigenvalue weighted by atomic mass is 10.1.